The van der Waals surface area contributed by atoms with Crippen LogP contribution in [0.2, 0.25) is 0 Å². The minimum absolute atomic E-state index is 0.0383. The third kappa shape index (κ3) is 4.37. The van der Waals surface area contributed by atoms with Gasteiger partial charge in [0, 0.05) is 5.54 Å². The normalized spacial score (nSPS) is 11.5. The molecule has 1 aromatic heterocycles. The van der Waals surface area contributed by atoms with Crippen LogP contribution >= 0.6 is 0 Å². The topological polar surface area (TPSA) is 102 Å². The summed E-state index contributed by atoms with van der Waals surface area (Å²) in [5.74, 6) is -2.11. The van der Waals surface area contributed by atoms with Crippen LogP contribution in [-0.4, -0.2) is 31.3 Å². The minimum Gasteiger partial charge on any atom is -0.478 e. The Morgan fingerprint density at radius 3 is 2.09 bits per heavy atom. The highest BCUT2D eigenvalue weighted by Gasteiger charge is 2.30. The maximum absolute atomic E-state index is 13.2. The summed E-state index contributed by atoms with van der Waals surface area (Å²) >= 11 is 0. The van der Waals surface area contributed by atoms with Crippen LogP contribution in [0.1, 0.15) is 66.2 Å². The number of aromatic nitrogens is 2. The highest BCUT2D eigenvalue weighted by molar-refractivity contribution is 5.96. The van der Waals surface area contributed by atoms with Crippen LogP contribution in [0.25, 0.3) is 11.1 Å². The van der Waals surface area contributed by atoms with E-state index in [0.717, 1.165) is 11.1 Å². The molecule has 0 atom stereocenters. The molecule has 0 radical (unpaired) electrons. The first-order chi connectivity index (χ1) is 15.1. The minimum atomic E-state index is -1.11. The van der Waals surface area contributed by atoms with Crippen molar-refractivity contribution in [3.63, 3.8) is 0 Å². The fraction of sp³-hybridized carbons (Fsp3) is 0.320. The van der Waals surface area contributed by atoms with Crippen LogP contribution in [0.15, 0.2) is 53.3 Å². The van der Waals surface area contributed by atoms with E-state index < -0.39 is 17.5 Å². The maximum atomic E-state index is 13.2. The Morgan fingerprint density at radius 2 is 1.56 bits per heavy atom. The first-order valence-electron chi connectivity index (χ1n) is 10.6. The SMILES string of the molecule is CCCc1c(C(=O)O)n(C(C)(C)C)c(=O)n1Cc1ccc(-c2ccccc2C(=O)O)cc1. The largest absolute Gasteiger partial charge is 0.478 e. The fourth-order valence-electron chi connectivity index (χ4n) is 3.98. The molecule has 168 valence electrons. The van der Waals surface area contributed by atoms with Gasteiger partial charge in [-0.1, -0.05) is 55.8 Å². The zero-order valence-corrected chi connectivity index (χ0v) is 18.8. The lowest BCUT2D eigenvalue weighted by molar-refractivity contribution is 0.0671. The lowest BCUT2D eigenvalue weighted by Crippen LogP contribution is -2.37. The van der Waals surface area contributed by atoms with Crippen LogP contribution in [0.4, 0.5) is 0 Å². The van der Waals surface area contributed by atoms with Crippen molar-refractivity contribution >= 4 is 11.9 Å². The van der Waals surface area contributed by atoms with Crippen molar-refractivity contribution < 1.29 is 19.8 Å². The van der Waals surface area contributed by atoms with Gasteiger partial charge in [-0.25, -0.2) is 14.4 Å². The Balaban J connectivity index is 2.06. The molecule has 3 rings (SSSR count). The van der Waals surface area contributed by atoms with Gasteiger partial charge >= 0.3 is 17.6 Å². The molecule has 0 amide bonds. The number of carboxylic acid groups (broad SMARTS) is 2. The summed E-state index contributed by atoms with van der Waals surface area (Å²) in [4.78, 5) is 36.8. The molecule has 0 aliphatic carbocycles. The van der Waals surface area contributed by atoms with Crippen LogP contribution < -0.4 is 5.69 Å². The molecule has 2 aromatic carbocycles. The van der Waals surface area contributed by atoms with E-state index >= 15 is 0 Å². The molecule has 0 aliphatic heterocycles. The molecule has 0 saturated carbocycles. The van der Waals surface area contributed by atoms with Gasteiger partial charge in [0.2, 0.25) is 0 Å². The van der Waals surface area contributed by atoms with Crippen molar-refractivity contribution in [3.8, 4) is 11.1 Å². The van der Waals surface area contributed by atoms with Gasteiger partial charge in [-0.2, -0.15) is 0 Å². The second-order valence-corrected chi connectivity index (χ2v) is 8.77. The molecule has 0 saturated heterocycles. The first kappa shape index (κ1) is 23.1. The molecule has 7 nitrogen and oxygen atoms in total. The Kier molecular flexibility index (Phi) is 6.39. The predicted octanol–water partition coefficient (Wildman–Crippen LogP) is 4.47. The molecule has 0 spiro atoms. The van der Waals surface area contributed by atoms with Crippen LogP contribution in [-0.2, 0) is 18.5 Å². The monoisotopic (exact) mass is 436 g/mol. The fourth-order valence-corrected chi connectivity index (χ4v) is 3.98. The number of carbonyl (C=O) groups is 2. The van der Waals surface area contributed by atoms with Gasteiger partial charge in [0.1, 0.15) is 0 Å². The molecular weight excluding hydrogens is 408 g/mol. The van der Waals surface area contributed by atoms with E-state index in [4.69, 9.17) is 0 Å². The molecular formula is C25H28N2O5. The molecule has 0 unspecified atom stereocenters. The summed E-state index contributed by atoms with van der Waals surface area (Å²) in [5, 5.41) is 19.3. The summed E-state index contributed by atoms with van der Waals surface area (Å²) < 4.78 is 2.90. The zero-order chi connectivity index (χ0) is 23.6. The average Bonchev–Trinajstić information content (AvgIpc) is 3.01. The molecule has 0 fully saturated rings. The molecule has 0 aliphatic rings. The standard InChI is InChI=1S/C25H28N2O5/c1-5-8-20-21(23(30)31)27(25(2,3)4)24(32)26(20)15-16-11-13-17(14-12-16)18-9-6-7-10-19(18)22(28)29/h6-7,9-14H,5,8,15H2,1-4H3,(H,28,29)(H,30,31). The quantitative estimate of drug-likeness (QED) is 0.569. The predicted molar refractivity (Wildman–Crippen MR) is 123 cm³/mol. The van der Waals surface area contributed by atoms with Gasteiger partial charge in [-0.3, -0.25) is 9.13 Å². The summed E-state index contributed by atoms with van der Waals surface area (Å²) in [5.41, 5.74) is 1.94. The van der Waals surface area contributed by atoms with Gasteiger partial charge in [0.15, 0.2) is 5.69 Å². The Morgan fingerprint density at radius 1 is 0.938 bits per heavy atom. The van der Waals surface area contributed by atoms with E-state index in [1.54, 1.807) is 28.8 Å². The Bertz CT molecular complexity index is 1210. The molecule has 3 aromatic rings. The molecule has 1 heterocycles. The van der Waals surface area contributed by atoms with Gasteiger partial charge in [0.25, 0.3) is 0 Å². The van der Waals surface area contributed by atoms with E-state index in [2.05, 4.69) is 0 Å². The third-order valence-corrected chi connectivity index (χ3v) is 5.37. The maximum Gasteiger partial charge on any atom is 0.354 e. The molecule has 32 heavy (non-hydrogen) atoms. The number of carboxylic acids is 2. The summed E-state index contributed by atoms with van der Waals surface area (Å²) in [6, 6.07) is 14.1. The van der Waals surface area contributed by atoms with E-state index in [1.165, 1.54) is 4.57 Å². The lowest BCUT2D eigenvalue weighted by Gasteiger charge is -2.21. The molecule has 0 bridgehead atoms. The highest BCUT2D eigenvalue weighted by Crippen LogP contribution is 2.25. The smallest absolute Gasteiger partial charge is 0.354 e. The van der Waals surface area contributed by atoms with E-state index in [9.17, 15) is 24.6 Å². The number of hydrogen-bond donors (Lipinski definition) is 2. The Labute approximate surface area is 186 Å². The van der Waals surface area contributed by atoms with Crippen LogP contribution in [0.5, 0.6) is 0 Å². The summed E-state index contributed by atoms with van der Waals surface area (Å²) in [7, 11) is 0. The van der Waals surface area contributed by atoms with Crippen LogP contribution in [0, 0.1) is 0 Å². The van der Waals surface area contributed by atoms with Crippen LogP contribution in [0.3, 0.4) is 0 Å². The first-order valence-corrected chi connectivity index (χ1v) is 10.6. The van der Waals surface area contributed by atoms with Gasteiger partial charge in [-0.05, 0) is 49.9 Å². The van der Waals surface area contributed by atoms with Crippen molar-refractivity contribution in [2.75, 3.05) is 0 Å². The number of imidazole rings is 1. The third-order valence-electron chi connectivity index (χ3n) is 5.37. The Hall–Kier alpha value is -3.61. The van der Waals surface area contributed by atoms with E-state index in [0.29, 0.717) is 24.1 Å². The molecule has 2 N–H and O–H groups in total. The number of hydrogen-bond acceptors (Lipinski definition) is 3. The van der Waals surface area contributed by atoms with E-state index in [-0.39, 0.29) is 23.5 Å². The zero-order valence-electron chi connectivity index (χ0n) is 18.8. The van der Waals surface area contributed by atoms with Gasteiger partial charge in [0.05, 0.1) is 17.8 Å². The van der Waals surface area contributed by atoms with Crippen molar-refractivity contribution in [2.24, 2.45) is 0 Å². The summed E-state index contributed by atoms with van der Waals surface area (Å²) in [6.45, 7) is 7.63. The van der Waals surface area contributed by atoms with E-state index in [1.807, 2.05) is 52.0 Å². The van der Waals surface area contributed by atoms with Crippen molar-refractivity contribution in [1.82, 2.24) is 9.13 Å². The molecule has 7 heteroatoms. The van der Waals surface area contributed by atoms with Gasteiger partial charge < -0.3 is 10.2 Å². The second-order valence-electron chi connectivity index (χ2n) is 8.77. The van der Waals surface area contributed by atoms with Gasteiger partial charge in [-0.15, -0.1) is 0 Å². The number of aromatic carboxylic acids is 2. The highest BCUT2D eigenvalue weighted by atomic mass is 16.4. The summed E-state index contributed by atoms with van der Waals surface area (Å²) in [6.07, 6.45) is 1.18. The van der Waals surface area contributed by atoms with Crippen molar-refractivity contribution in [1.29, 1.82) is 0 Å². The van der Waals surface area contributed by atoms with Crippen molar-refractivity contribution in [3.05, 3.63) is 81.5 Å². The second kappa shape index (κ2) is 8.86. The lowest BCUT2D eigenvalue weighted by atomic mass is 9.99. The van der Waals surface area contributed by atoms with Crippen molar-refractivity contribution in [2.45, 2.75) is 52.6 Å². The average molecular weight is 437 g/mol. The number of rotatable bonds is 7. The number of benzene rings is 2. The number of nitrogens with zero attached hydrogens (tertiary/aromatic N) is 2.